The van der Waals surface area contributed by atoms with E-state index in [1.54, 1.807) is 0 Å². The third-order valence-corrected chi connectivity index (χ3v) is 3.63. The molecule has 0 spiro atoms. The minimum Gasteiger partial charge on any atom is -0.504 e. The summed E-state index contributed by atoms with van der Waals surface area (Å²) in [6, 6.07) is 9.86. The highest BCUT2D eigenvalue weighted by molar-refractivity contribution is 6.05. The van der Waals surface area contributed by atoms with E-state index in [1.807, 2.05) is 18.2 Å². The highest BCUT2D eigenvalue weighted by Gasteiger charge is 2.15. The van der Waals surface area contributed by atoms with Gasteiger partial charge in [-0.15, -0.1) is 0 Å². The van der Waals surface area contributed by atoms with E-state index in [-0.39, 0.29) is 17.4 Å². The Morgan fingerprint density at radius 2 is 2.00 bits per heavy atom. The van der Waals surface area contributed by atoms with Gasteiger partial charge in [-0.2, -0.15) is 0 Å². The molecular weight excluding hydrogens is 268 g/mol. The maximum absolute atomic E-state index is 12.2. The largest absolute Gasteiger partial charge is 0.504 e. The molecule has 2 aromatic rings. The zero-order valence-electron chi connectivity index (χ0n) is 11.4. The first-order valence-corrected chi connectivity index (χ1v) is 6.80. The van der Waals surface area contributed by atoms with Gasteiger partial charge in [0.15, 0.2) is 11.5 Å². The summed E-state index contributed by atoms with van der Waals surface area (Å²) in [5, 5.41) is 24.9. The van der Waals surface area contributed by atoms with Crippen molar-refractivity contribution in [2.45, 2.75) is 13.0 Å². The van der Waals surface area contributed by atoms with Crippen LogP contribution < -0.4 is 10.6 Å². The number of fused-ring (bicyclic) bond motifs is 1. The van der Waals surface area contributed by atoms with Gasteiger partial charge in [-0.3, -0.25) is 4.79 Å². The lowest BCUT2D eigenvalue weighted by Crippen LogP contribution is -2.25. The molecule has 0 saturated carbocycles. The second kappa shape index (κ2) is 5.46. The van der Waals surface area contributed by atoms with E-state index in [1.165, 1.54) is 23.8 Å². The van der Waals surface area contributed by atoms with E-state index in [0.717, 1.165) is 30.8 Å². The molecule has 2 aromatic carbocycles. The molecule has 0 atom stereocenters. The lowest BCUT2D eigenvalue weighted by molar-refractivity contribution is 0.102. The van der Waals surface area contributed by atoms with Crippen LogP contribution in [0, 0.1) is 0 Å². The SMILES string of the molecule is O=C(Nc1cccc2c1CCNC2)c1ccc(O)c(O)c1. The molecule has 5 nitrogen and oxygen atoms in total. The molecule has 0 bridgehead atoms. The molecule has 0 aliphatic carbocycles. The normalized spacial score (nSPS) is 13.5. The lowest BCUT2D eigenvalue weighted by atomic mass is 9.99. The van der Waals surface area contributed by atoms with Gasteiger partial charge in [0, 0.05) is 17.8 Å². The van der Waals surface area contributed by atoms with Crippen LogP contribution in [0.3, 0.4) is 0 Å². The Labute approximate surface area is 122 Å². The molecule has 21 heavy (non-hydrogen) atoms. The Morgan fingerprint density at radius 1 is 1.14 bits per heavy atom. The van der Waals surface area contributed by atoms with Crippen LogP contribution in [0.5, 0.6) is 11.5 Å². The van der Waals surface area contributed by atoms with Crippen LogP contribution in [0.2, 0.25) is 0 Å². The Hall–Kier alpha value is -2.53. The third kappa shape index (κ3) is 2.68. The van der Waals surface area contributed by atoms with Crippen molar-refractivity contribution in [3.05, 3.63) is 53.1 Å². The number of anilines is 1. The van der Waals surface area contributed by atoms with E-state index < -0.39 is 0 Å². The monoisotopic (exact) mass is 284 g/mol. The maximum atomic E-state index is 12.2. The van der Waals surface area contributed by atoms with Gasteiger partial charge in [0.2, 0.25) is 0 Å². The summed E-state index contributed by atoms with van der Waals surface area (Å²) in [6.45, 7) is 1.69. The summed E-state index contributed by atoms with van der Waals surface area (Å²) >= 11 is 0. The first-order chi connectivity index (χ1) is 10.1. The Balaban J connectivity index is 1.86. The number of hydrogen-bond donors (Lipinski definition) is 4. The number of hydrogen-bond acceptors (Lipinski definition) is 4. The number of benzene rings is 2. The number of carbonyl (C=O) groups is 1. The van der Waals surface area contributed by atoms with Crippen molar-refractivity contribution < 1.29 is 15.0 Å². The van der Waals surface area contributed by atoms with Crippen LogP contribution in [0.4, 0.5) is 5.69 Å². The number of carbonyl (C=O) groups excluding carboxylic acids is 1. The van der Waals surface area contributed by atoms with Crippen molar-refractivity contribution >= 4 is 11.6 Å². The van der Waals surface area contributed by atoms with Crippen molar-refractivity contribution in [2.75, 3.05) is 11.9 Å². The summed E-state index contributed by atoms with van der Waals surface area (Å²) < 4.78 is 0. The minimum atomic E-state index is -0.308. The second-order valence-electron chi connectivity index (χ2n) is 5.03. The molecule has 1 heterocycles. The standard InChI is InChI=1S/C16H16N2O3/c19-14-5-4-10(8-15(14)20)16(21)18-13-3-1-2-11-9-17-7-6-12(11)13/h1-5,8,17,19-20H,6-7,9H2,(H,18,21). The molecule has 0 aromatic heterocycles. The molecule has 1 aliphatic rings. The first kappa shape index (κ1) is 13.5. The molecule has 1 amide bonds. The van der Waals surface area contributed by atoms with Crippen molar-refractivity contribution in [1.82, 2.24) is 5.32 Å². The van der Waals surface area contributed by atoms with Gasteiger partial charge in [0.25, 0.3) is 5.91 Å². The van der Waals surface area contributed by atoms with E-state index in [2.05, 4.69) is 10.6 Å². The van der Waals surface area contributed by atoms with Crippen LogP contribution in [-0.2, 0) is 13.0 Å². The number of nitrogens with one attached hydrogen (secondary N) is 2. The van der Waals surface area contributed by atoms with Gasteiger partial charge in [0.1, 0.15) is 0 Å². The zero-order valence-corrected chi connectivity index (χ0v) is 11.4. The summed E-state index contributed by atoms with van der Waals surface area (Å²) in [4.78, 5) is 12.2. The highest BCUT2D eigenvalue weighted by atomic mass is 16.3. The number of aromatic hydroxyl groups is 2. The fourth-order valence-electron chi connectivity index (χ4n) is 2.51. The number of phenols is 2. The van der Waals surface area contributed by atoms with Crippen molar-refractivity contribution in [1.29, 1.82) is 0 Å². The van der Waals surface area contributed by atoms with E-state index in [9.17, 15) is 15.0 Å². The predicted molar refractivity (Wildman–Crippen MR) is 79.6 cm³/mol. The van der Waals surface area contributed by atoms with Crippen molar-refractivity contribution in [3.8, 4) is 11.5 Å². The molecule has 1 aliphatic heterocycles. The molecule has 5 heteroatoms. The zero-order chi connectivity index (χ0) is 14.8. The minimum absolute atomic E-state index is 0.241. The van der Waals surface area contributed by atoms with Gasteiger partial charge in [-0.1, -0.05) is 12.1 Å². The molecule has 0 unspecified atom stereocenters. The smallest absolute Gasteiger partial charge is 0.255 e. The summed E-state index contributed by atoms with van der Waals surface area (Å²) in [5.74, 6) is -0.853. The summed E-state index contributed by atoms with van der Waals surface area (Å²) in [6.07, 6.45) is 0.868. The average molecular weight is 284 g/mol. The van der Waals surface area contributed by atoms with Crippen molar-refractivity contribution in [3.63, 3.8) is 0 Å². The fraction of sp³-hybridized carbons (Fsp3) is 0.188. The molecule has 3 rings (SSSR count). The van der Waals surface area contributed by atoms with Gasteiger partial charge < -0.3 is 20.8 Å². The van der Waals surface area contributed by atoms with Gasteiger partial charge in [-0.05, 0) is 48.4 Å². The second-order valence-corrected chi connectivity index (χ2v) is 5.03. The Kier molecular flexibility index (Phi) is 3.50. The summed E-state index contributed by atoms with van der Waals surface area (Å²) in [7, 11) is 0. The predicted octanol–water partition coefficient (Wildman–Crippen LogP) is 2.00. The van der Waals surface area contributed by atoms with E-state index >= 15 is 0 Å². The maximum Gasteiger partial charge on any atom is 0.255 e. The van der Waals surface area contributed by atoms with Gasteiger partial charge in [-0.25, -0.2) is 0 Å². The molecule has 108 valence electrons. The molecule has 0 saturated heterocycles. The van der Waals surface area contributed by atoms with E-state index in [4.69, 9.17) is 0 Å². The quantitative estimate of drug-likeness (QED) is 0.636. The Bertz CT molecular complexity index is 698. The lowest BCUT2D eigenvalue weighted by Gasteiger charge is -2.20. The fourth-order valence-corrected chi connectivity index (χ4v) is 2.51. The Morgan fingerprint density at radius 3 is 2.81 bits per heavy atom. The third-order valence-electron chi connectivity index (χ3n) is 3.63. The number of rotatable bonds is 2. The van der Waals surface area contributed by atoms with Crippen LogP contribution >= 0.6 is 0 Å². The first-order valence-electron chi connectivity index (χ1n) is 6.80. The van der Waals surface area contributed by atoms with Crippen LogP contribution in [-0.4, -0.2) is 22.7 Å². The average Bonchev–Trinajstić information content (AvgIpc) is 2.50. The van der Waals surface area contributed by atoms with Crippen molar-refractivity contribution in [2.24, 2.45) is 0 Å². The molecule has 0 fully saturated rings. The van der Waals surface area contributed by atoms with Crippen LogP contribution in [0.25, 0.3) is 0 Å². The van der Waals surface area contributed by atoms with Gasteiger partial charge >= 0.3 is 0 Å². The summed E-state index contributed by atoms with van der Waals surface area (Å²) in [5.41, 5.74) is 3.43. The highest BCUT2D eigenvalue weighted by Crippen LogP contribution is 2.27. The van der Waals surface area contributed by atoms with Crippen LogP contribution in [0.1, 0.15) is 21.5 Å². The molecule has 0 radical (unpaired) electrons. The van der Waals surface area contributed by atoms with E-state index in [0.29, 0.717) is 5.56 Å². The number of phenolic OH excluding ortho intramolecular Hbond substituents is 2. The topological polar surface area (TPSA) is 81.6 Å². The van der Waals surface area contributed by atoms with Gasteiger partial charge in [0.05, 0.1) is 0 Å². The number of amides is 1. The molecular formula is C16H16N2O3. The molecule has 4 N–H and O–H groups in total. The van der Waals surface area contributed by atoms with Crippen LogP contribution in [0.15, 0.2) is 36.4 Å².